The molecule has 0 aromatic heterocycles. The summed E-state index contributed by atoms with van der Waals surface area (Å²) < 4.78 is 31.0. The zero-order chi connectivity index (χ0) is 13.5. The summed E-state index contributed by atoms with van der Waals surface area (Å²) in [4.78, 5) is 12.9. The quantitative estimate of drug-likeness (QED) is 0.733. The molecule has 0 unspecified atom stereocenters. The Morgan fingerprint density at radius 3 is 2.72 bits per heavy atom. The van der Waals surface area contributed by atoms with E-state index in [9.17, 15) is 13.6 Å². The maximum Gasteiger partial charge on any atom is 0.306 e. The highest BCUT2D eigenvalue weighted by molar-refractivity contribution is 5.69. The van der Waals surface area contributed by atoms with E-state index in [1.165, 1.54) is 13.2 Å². The Labute approximate surface area is 105 Å². The van der Waals surface area contributed by atoms with Gasteiger partial charge in [0.2, 0.25) is 0 Å². The SMILES string of the molecule is CCN(CCC(=O)OC)Cc1cccc(F)c1F. The van der Waals surface area contributed by atoms with E-state index in [2.05, 4.69) is 4.74 Å². The van der Waals surface area contributed by atoms with Gasteiger partial charge in [0, 0.05) is 18.7 Å². The van der Waals surface area contributed by atoms with Crippen LogP contribution < -0.4 is 0 Å². The number of methoxy groups -OCH3 is 1. The van der Waals surface area contributed by atoms with E-state index in [1.807, 2.05) is 11.8 Å². The Morgan fingerprint density at radius 2 is 2.11 bits per heavy atom. The smallest absolute Gasteiger partial charge is 0.306 e. The molecule has 0 heterocycles. The second kappa shape index (κ2) is 7.06. The first-order valence-electron chi connectivity index (χ1n) is 5.80. The molecule has 0 saturated carbocycles. The van der Waals surface area contributed by atoms with Crippen molar-refractivity contribution in [1.29, 1.82) is 0 Å². The molecule has 0 aliphatic rings. The Bertz CT molecular complexity index is 410. The Hall–Kier alpha value is -1.49. The number of halogens is 2. The predicted molar refractivity (Wildman–Crippen MR) is 63.9 cm³/mol. The number of carbonyl (C=O) groups is 1. The van der Waals surface area contributed by atoms with Gasteiger partial charge in [0.1, 0.15) is 0 Å². The van der Waals surface area contributed by atoms with Crippen molar-refractivity contribution in [2.24, 2.45) is 0 Å². The monoisotopic (exact) mass is 257 g/mol. The third kappa shape index (κ3) is 4.07. The largest absolute Gasteiger partial charge is 0.469 e. The fraction of sp³-hybridized carbons (Fsp3) is 0.462. The third-order valence-corrected chi connectivity index (χ3v) is 2.73. The molecule has 0 N–H and O–H groups in total. The molecule has 1 aromatic rings. The fourth-order valence-electron chi connectivity index (χ4n) is 1.61. The molecule has 0 radical (unpaired) electrons. The fourth-order valence-corrected chi connectivity index (χ4v) is 1.61. The van der Waals surface area contributed by atoms with Crippen molar-refractivity contribution in [1.82, 2.24) is 4.90 Å². The number of esters is 1. The van der Waals surface area contributed by atoms with Gasteiger partial charge in [-0.3, -0.25) is 9.69 Å². The highest BCUT2D eigenvalue weighted by Crippen LogP contribution is 2.13. The number of benzene rings is 1. The molecule has 5 heteroatoms. The molecule has 18 heavy (non-hydrogen) atoms. The second-order valence-corrected chi connectivity index (χ2v) is 3.91. The van der Waals surface area contributed by atoms with Crippen molar-refractivity contribution in [3.63, 3.8) is 0 Å². The van der Waals surface area contributed by atoms with Gasteiger partial charge in [0.15, 0.2) is 11.6 Å². The van der Waals surface area contributed by atoms with Crippen molar-refractivity contribution in [3.8, 4) is 0 Å². The van der Waals surface area contributed by atoms with Crippen molar-refractivity contribution in [2.75, 3.05) is 20.2 Å². The molecule has 1 aromatic carbocycles. The van der Waals surface area contributed by atoms with Crippen molar-refractivity contribution < 1.29 is 18.3 Å². The summed E-state index contributed by atoms with van der Waals surface area (Å²) in [7, 11) is 1.32. The molecule has 100 valence electrons. The summed E-state index contributed by atoms with van der Waals surface area (Å²) in [6, 6.07) is 4.10. The van der Waals surface area contributed by atoms with E-state index in [0.717, 1.165) is 6.07 Å². The second-order valence-electron chi connectivity index (χ2n) is 3.91. The number of ether oxygens (including phenoxy) is 1. The first-order valence-corrected chi connectivity index (χ1v) is 5.80. The topological polar surface area (TPSA) is 29.5 Å². The van der Waals surface area contributed by atoms with Crippen LogP contribution in [0.2, 0.25) is 0 Å². The molecule has 0 aliphatic carbocycles. The Balaban J connectivity index is 2.62. The number of rotatable bonds is 6. The van der Waals surface area contributed by atoms with Gasteiger partial charge >= 0.3 is 5.97 Å². The van der Waals surface area contributed by atoms with Crippen LogP contribution in [0.5, 0.6) is 0 Å². The summed E-state index contributed by atoms with van der Waals surface area (Å²) in [6.45, 7) is 3.28. The van der Waals surface area contributed by atoms with Crippen LogP contribution >= 0.6 is 0 Å². The summed E-state index contributed by atoms with van der Waals surface area (Å²) in [5, 5.41) is 0. The van der Waals surface area contributed by atoms with Gasteiger partial charge < -0.3 is 4.74 Å². The predicted octanol–water partition coefficient (Wildman–Crippen LogP) is 2.35. The van der Waals surface area contributed by atoms with E-state index in [-0.39, 0.29) is 18.9 Å². The molecule has 3 nitrogen and oxygen atoms in total. The molecule has 0 atom stereocenters. The van der Waals surface area contributed by atoms with Crippen LogP contribution in [0.15, 0.2) is 18.2 Å². The Kier molecular flexibility index (Phi) is 5.71. The number of nitrogens with zero attached hydrogens (tertiary/aromatic N) is 1. The third-order valence-electron chi connectivity index (χ3n) is 2.73. The molecule has 0 amide bonds. The lowest BCUT2D eigenvalue weighted by atomic mass is 10.2. The normalized spacial score (nSPS) is 10.7. The molecule has 0 aliphatic heterocycles. The highest BCUT2D eigenvalue weighted by atomic mass is 19.2. The maximum atomic E-state index is 13.5. The minimum Gasteiger partial charge on any atom is -0.469 e. The molecular weight excluding hydrogens is 240 g/mol. The van der Waals surface area contributed by atoms with Crippen LogP contribution in [-0.4, -0.2) is 31.1 Å². The summed E-state index contributed by atoms with van der Waals surface area (Å²) in [5.41, 5.74) is 0.293. The van der Waals surface area contributed by atoms with Gasteiger partial charge in [-0.05, 0) is 12.6 Å². The average molecular weight is 257 g/mol. The van der Waals surface area contributed by atoms with Gasteiger partial charge in [0.05, 0.1) is 13.5 Å². The van der Waals surface area contributed by atoms with Crippen molar-refractivity contribution in [2.45, 2.75) is 19.9 Å². The number of hydrogen-bond donors (Lipinski definition) is 0. The molecule has 0 spiro atoms. The minimum absolute atomic E-state index is 0.237. The van der Waals surface area contributed by atoms with E-state index in [0.29, 0.717) is 18.7 Å². The number of carbonyl (C=O) groups excluding carboxylic acids is 1. The molecule has 0 fully saturated rings. The van der Waals surface area contributed by atoms with Crippen LogP contribution in [0, 0.1) is 11.6 Å². The minimum atomic E-state index is -0.850. The first kappa shape index (κ1) is 14.6. The number of hydrogen-bond acceptors (Lipinski definition) is 3. The molecular formula is C13H17F2NO2. The van der Waals surface area contributed by atoms with E-state index >= 15 is 0 Å². The molecule has 1 rings (SSSR count). The summed E-state index contributed by atoms with van der Waals surface area (Å²) in [6.07, 6.45) is 0.237. The lowest BCUT2D eigenvalue weighted by Gasteiger charge is -2.20. The lowest BCUT2D eigenvalue weighted by molar-refractivity contribution is -0.141. The summed E-state index contributed by atoms with van der Waals surface area (Å²) in [5.74, 6) is -1.99. The van der Waals surface area contributed by atoms with Gasteiger partial charge in [-0.1, -0.05) is 19.1 Å². The molecule has 0 saturated heterocycles. The summed E-state index contributed by atoms with van der Waals surface area (Å²) >= 11 is 0. The standard InChI is InChI=1S/C13H17F2NO2/c1-3-16(8-7-12(17)18-2)9-10-5-4-6-11(14)13(10)15/h4-6H,3,7-9H2,1-2H3. The maximum absolute atomic E-state index is 13.5. The van der Waals surface area contributed by atoms with Crippen LogP contribution in [0.25, 0.3) is 0 Å². The van der Waals surface area contributed by atoms with E-state index in [1.54, 1.807) is 6.07 Å². The average Bonchev–Trinajstić information content (AvgIpc) is 2.38. The van der Waals surface area contributed by atoms with Crippen LogP contribution in [0.1, 0.15) is 18.9 Å². The van der Waals surface area contributed by atoms with Crippen LogP contribution in [0.4, 0.5) is 8.78 Å². The van der Waals surface area contributed by atoms with Crippen molar-refractivity contribution in [3.05, 3.63) is 35.4 Å². The zero-order valence-electron chi connectivity index (χ0n) is 10.6. The van der Waals surface area contributed by atoms with Gasteiger partial charge in [0.25, 0.3) is 0 Å². The Morgan fingerprint density at radius 1 is 1.39 bits per heavy atom. The van der Waals surface area contributed by atoms with Gasteiger partial charge in [-0.15, -0.1) is 0 Å². The van der Waals surface area contributed by atoms with Crippen LogP contribution in [0.3, 0.4) is 0 Å². The van der Waals surface area contributed by atoms with Crippen LogP contribution in [-0.2, 0) is 16.1 Å². The zero-order valence-corrected chi connectivity index (χ0v) is 10.6. The van der Waals surface area contributed by atoms with Gasteiger partial charge in [-0.2, -0.15) is 0 Å². The van der Waals surface area contributed by atoms with E-state index < -0.39 is 11.6 Å². The lowest BCUT2D eigenvalue weighted by Crippen LogP contribution is -2.26. The molecule has 0 bridgehead atoms. The van der Waals surface area contributed by atoms with Crippen molar-refractivity contribution >= 4 is 5.97 Å². The van der Waals surface area contributed by atoms with E-state index in [4.69, 9.17) is 0 Å². The first-order chi connectivity index (χ1) is 8.58. The van der Waals surface area contributed by atoms with Gasteiger partial charge in [-0.25, -0.2) is 8.78 Å². The highest BCUT2D eigenvalue weighted by Gasteiger charge is 2.12.